The summed E-state index contributed by atoms with van der Waals surface area (Å²) in [5.41, 5.74) is -22.6. The van der Waals surface area contributed by atoms with E-state index < -0.39 is 102 Å². The molecule has 0 saturated heterocycles. The molecule has 22 heteroatoms. The fraction of sp³-hybridized carbons (Fsp3) is 0.294. The Kier molecular flexibility index (Phi) is 11.3. The summed E-state index contributed by atoms with van der Waals surface area (Å²) in [6.45, 7) is 0. The molecule has 0 radical (unpaired) electrons. The summed E-state index contributed by atoms with van der Waals surface area (Å²) in [6, 6.07) is 3.75. The molecule has 0 aliphatic heterocycles. The molecule has 0 aliphatic carbocycles. The molecule has 0 heterocycles. The van der Waals surface area contributed by atoms with Crippen molar-refractivity contribution in [3.63, 3.8) is 0 Å². The number of hydrogen-bond acceptors (Lipinski definition) is 0. The molecule has 56 heavy (non-hydrogen) atoms. The van der Waals surface area contributed by atoms with Gasteiger partial charge in [-0.05, 0) is 35.4 Å². The zero-order chi connectivity index (χ0) is 42.9. The second-order valence-electron chi connectivity index (χ2n) is 11.9. The first kappa shape index (κ1) is 45.1. The first-order chi connectivity index (χ1) is 25.2. The van der Waals surface area contributed by atoms with Crippen LogP contribution in [0.1, 0.15) is 22.3 Å². The van der Waals surface area contributed by atoms with Gasteiger partial charge in [0.2, 0.25) is 0 Å². The molecule has 0 fully saturated rings. The molecule has 4 aromatic carbocycles. The maximum atomic E-state index is 15.4. The minimum atomic E-state index is -7.24. The zero-order valence-corrected chi connectivity index (χ0v) is 29.7. The summed E-state index contributed by atoms with van der Waals surface area (Å²) >= 11 is 5.05. The van der Waals surface area contributed by atoms with Crippen molar-refractivity contribution in [1.29, 1.82) is 0 Å². The third-order valence-electron chi connectivity index (χ3n) is 8.50. The van der Waals surface area contributed by atoms with Crippen LogP contribution in [0.3, 0.4) is 0 Å². The third kappa shape index (κ3) is 6.62. The van der Waals surface area contributed by atoms with Gasteiger partial charge in [-0.15, -0.1) is 0 Å². The van der Waals surface area contributed by atoms with Crippen molar-refractivity contribution in [2.75, 3.05) is 0 Å². The first-order valence-electron chi connectivity index (χ1n) is 14.7. The Balaban J connectivity index is 1.69. The van der Waals surface area contributed by atoms with Gasteiger partial charge in [0.25, 0.3) is 11.3 Å². The fourth-order valence-electron chi connectivity index (χ4n) is 5.38. The summed E-state index contributed by atoms with van der Waals surface area (Å²) in [5, 5.41) is 0. The van der Waals surface area contributed by atoms with E-state index in [-0.39, 0.29) is 48.5 Å². The number of hydrogen-bond donors (Lipinski definition) is 0. The van der Waals surface area contributed by atoms with Crippen LogP contribution in [0.4, 0.5) is 87.8 Å². The van der Waals surface area contributed by atoms with Crippen LogP contribution in [0, 0.1) is 0 Å². The Morgan fingerprint density at radius 3 is 0.804 bits per heavy atom. The summed E-state index contributed by atoms with van der Waals surface area (Å²) in [6.07, 6.45) is -13.8. The van der Waals surface area contributed by atoms with Gasteiger partial charge in [-0.25, -0.2) is 8.78 Å². The number of alkyl halides is 20. The number of benzene rings is 4. The predicted molar refractivity (Wildman–Crippen MR) is 165 cm³/mol. The monoisotopic (exact) mass is 962 g/mol. The Morgan fingerprint density at radius 2 is 0.571 bits per heavy atom. The average molecular weight is 964 g/mol. The number of halogens is 22. The van der Waals surface area contributed by atoms with Gasteiger partial charge >= 0.3 is 47.9 Å². The van der Waals surface area contributed by atoms with Gasteiger partial charge in [-0.3, -0.25) is 0 Å². The first-order valence-corrected chi connectivity index (χ1v) is 16.3. The van der Waals surface area contributed by atoms with Gasteiger partial charge in [0, 0.05) is 31.2 Å². The Labute approximate surface area is 317 Å². The minimum absolute atomic E-state index is 0.00106. The lowest BCUT2D eigenvalue weighted by molar-refractivity contribution is -0.398. The number of rotatable bonds is 11. The Hall–Kier alpha value is -3.56. The van der Waals surface area contributed by atoms with Crippen LogP contribution < -0.4 is 0 Å². The zero-order valence-electron chi connectivity index (χ0n) is 26.6. The molecular weight excluding hydrogens is 948 g/mol. The maximum Gasteiger partial charge on any atom is 0.433 e. The van der Waals surface area contributed by atoms with E-state index in [4.69, 9.17) is 0 Å². The van der Waals surface area contributed by atoms with Crippen molar-refractivity contribution in [2.45, 2.75) is 59.2 Å². The largest absolute Gasteiger partial charge is 0.433 e. The van der Waals surface area contributed by atoms with E-state index in [0.717, 1.165) is 12.1 Å². The van der Waals surface area contributed by atoms with Gasteiger partial charge in [0.1, 0.15) is 0 Å². The Bertz CT molecular complexity index is 1890. The molecule has 0 amide bonds. The topological polar surface area (TPSA) is 0 Å². The third-order valence-corrected chi connectivity index (χ3v) is 9.48. The van der Waals surface area contributed by atoms with Crippen LogP contribution in [-0.4, -0.2) is 36.0 Å². The molecule has 0 bridgehead atoms. The smallest absolute Gasteiger partial charge is 0.221 e. The van der Waals surface area contributed by atoms with E-state index in [1.165, 1.54) is 0 Å². The van der Waals surface area contributed by atoms with Crippen LogP contribution in [0.2, 0.25) is 0 Å². The van der Waals surface area contributed by atoms with Crippen molar-refractivity contribution in [3.8, 4) is 11.1 Å². The van der Waals surface area contributed by atoms with Gasteiger partial charge in [-0.2, -0.15) is 79.0 Å². The van der Waals surface area contributed by atoms with Crippen LogP contribution >= 0.6 is 31.9 Å². The molecule has 0 N–H and O–H groups in total. The van der Waals surface area contributed by atoms with Gasteiger partial charge in [0.05, 0.1) is 0 Å². The van der Waals surface area contributed by atoms with E-state index >= 15 is 43.9 Å². The minimum Gasteiger partial charge on any atom is -0.221 e. The van der Waals surface area contributed by atoms with Crippen molar-refractivity contribution < 1.29 is 87.8 Å². The molecule has 0 nitrogen and oxygen atoms in total. The highest BCUT2D eigenvalue weighted by Crippen LogP contribution is 2.65. The second kappa shape index (κ2) is 14.1. The summed E-state index contributed by atoms with van der Waals surface area (Å²) < 4.78 is 292. The maximum absolute atomic E-state index is 15.4. The molecule has 2 unspecified atom stereocenters. The van der Waals surface area contributed by atoms with Crippen LogP contribution in [0.5, 0.6) is 0 Å². The van der Waals surface area contributed by atoms with E-state index in [1.807, 2.05) is 0 Å². The quantitative estimate of drug-likeness (QED) is 0.131. The van der Waals surface area contributed by atoms with E-state index in [9.17, 15) is 43.9 Å². The molecule has 2 atom stereocenters. The van der Waals surface area contributed by atoms with Gasteiger partial charge in [0.15, 0.2) is 0 Å². The lowest BCUT2D eigenvalue weighted by atomic mass is 9.81. The van der Waals surface area contributed by atoms with Crippen molar-refractivity contribution in [3.05, 3.63) is 128 Å². The SMILES string of the molecule is FC(F)(F)C(F)(c1cccc(Br)c1)C(F)(F)C(F)(F)C(F)(F)c1ccc(-c2ccc(C(F)(F)C(F)(F)C(F)(F)C(F)(c3cccc(Br)c3)C(F)(F)F)cc2)cc1. The molecule has 0 saturated carbocycles. The van der Waals surface area contributed by atoms with Crippen LogP contribution in [0.25, 0.3) is 11.1 Å². The van der Waals surface area contributed by atoms with Crippen LogP contribution in [0.15, 0.2) is 106 Å². The molecule has 4 aromatic rings. The predicted octanol–water partition coefficient (Wildman–Crippen LogP) is 14.5. The van der Waals surface area contributed by atoms with Gasteiger partial charge < -0.3 is 0 Å². The fourth-order valence-corrected chi connectivity index (χ4v) is 6.18. The molecule has 0 aromatic heterocycles. The van der Waals surface area contributed by atoms with E-state index in [1.54, 1.807) is 0 Å². The van der Waals surface area contributed by atoms with Crippen LogP contribution in [-0.2, 0) is 23.2 Å². The normalized spacial score (nSPS) is 16.3. The summed E-state index contributed by atoms with van der Waals surface area (Å²) in [7, 11) is 0. The summed E-state index contributed by atoms with van der Waals surface area (Å²) in [5.74, 6) is -41.4. The highest BCUT2D eigenvalue weighted by atomic mass is 79.9. The lowest BCUT2D eigenvalue weighted by Gasteiger charge is -2.41. The van der Waals surface area contributed by atoms with E-state index in [0.29, 0.717) is 36.4 Å². The van der Waals surface area contributed by atoms with Crippen molar-refractivity contribution in [2.24, 2.45) is 0 Å². The van der Waals surface area contributed by atoms with Gasteiger partial charge in [-0.1, -0.05) is 105 Å². The molecule has 0 spiro atoms. The highest BCUT2D eigenvalue weighted by Gasteiger charge is 2.87. The lowest BCUT2D eigenvalue weighted by Crippen LogP contribution is -2.65. The van der Waals surface area contributed by atoms with Crippen molar-refractivity contribution >= 4 is 31.9 Å². The van der Waals surface area contributed by atoms with Crippen molar-refractivity contribution in [1.82, 2.24) is 0 Å². The molecular formula is C34H16Br2F20. The highest BCUT2D eigenvalue weighted by molar-refractivity contribution is 9.10. The standard InChI is InChI=1S/C34H16Br2F20/c35-23-5-1-3-21(15-23)25(37,33(51,52)53)29(43,44)31(47,48)27(39,40)19-11-7-17(8-12-19)18-9-13-20(14-10-18)28(41,42)32(49,50)30(45,46)26(38,34(54,55)56)22-4-2-6-24(36)16-22/h1-16H. The average Bonchev–Trinajstić information content (AvgIpc) is 3.09. The Morgan fingerprint density at radius 1 is 0.304 bits per heavy atom. The molecule has 306 valence electrons. The second-order valence-corrected chi connectivity index (χ2v) is 13.8. The van der Waals surface area contributed by atoms with E-state index in [2.05, 4.69) is 31.9 Å². The molecule has 4 rings (SSSR count). The summed E-state index contributed by atoms with van der Waals surface area (Å²) in [4.78, 5) is 0. The molecule has 0 aliphatic rings.